The fourth-order valence-electron chi connectivity index (χ4n) is 2.41. The summed E-state index contributed by atoms with van der Waals surface area (Å²) in [6.45, 7) is 3.32. The Morgan fingerprint density at radius 1 is 1.03 bits per heavy atom. The smallest absolute Gasteiger partial charge is 0.408 e. The Kier molecular flexibility index (Phi) is 11.1. The fourth-order valence-corrected chi connectivity index (χ4v) is 2.41. The topological polar surface area (TPSA) is 178 Å². The van der Waals surface area contributed by atoms with Crippen molar-refractivity contribution in [2.75, 3.05) is 6.54 Å². The molecule has 0 unspecified atom stereocenters. The van der Waals surface area contributed by atoms with E-state index in [1.165, 1.54) is 13.8 Å². The minimum Gasteiger partial charge on any atom is -0.445 e. The van der Waals surface area contributed by atoms with Crippen LogP contribution in [0.4, 0.5) is 4.79 Å². The van der Waals surface area contributed by atoms with Crippen LogP contribution in [-0.4, -0.2) is 54.8 Å². The zero-order valence-corrected chi connectivity index (χ0v) is 17.7. The van der Waals surface area contributed by atoms with Crippen molar-refractivity contribution in [1.29, 1.82) is 0 Å². The van der Waals surface area contributed by atoms with Crippen LogP contribution in [0.2, 0.25) is 0 Å². The Hall–Kier alpha value is -3.63. The first-order valence-electron chi connectivity index (χ1n) is 9.81. The quantitative estimate of drug-likeness (QED) is 0.128. The van der Waals surface area contributed by atoms with Crippen LogP contribution in [0, 0.1) is 0 Å². The van der Waals surface area contributed by atoms with E-state index in [9.17, 15) is 19.2 Å². The molecule has 0 saturated carbocycles. The molecule has 0 heterocycles. The lowest BCUT2D eigenvalue weighted by Crippen LogP contribution is -2.53. The van der Waals surface area contributed by atoms with Gasteiger partial charge in [0.25, 0.3) is 0 Å². The summed E-state index contributed by atoms with van der Waals surface area (Å²) < 4.78 is 5.06. The number of rotatable bonds is 12. The summed E-state index contributed by atoms with van der Waals surface area (Å²) in [5.41, 5.74) is 11.2. The van der Waals surface area contributed by atoms with Crippen LogP contribution in [0.25, 0.3) is 0 Å². The van der Waals surface area contributed by atoms with E-state index in [4.69, 9.17) is 16.2 Å². The van der Waals surface area contributed by atoms with Gasteiger partial charge in [-0.05, 0) is 32.3 Å². The number of guanidine groups is 1. The molecule has 0 aromatic heterocycles. The van der Waals surface area contributed by atoms with Gasteiger partial charge in [-0.25, -0.2) is 4.79 Å². The third-order valence-electron chi connectivity index (χ3n) is 4.15. The van der Waals surface area contributed by atoms with Crippen LogP contribution in [0.3, 0.4) is 0 Å². The minimum absolute atomic E-state index is 0.0466. The van der Waals surface area contributed by atoms with Crippen LogP contribution >= 0.6 is 0 Å². The maximum absolute atomic E-state index is 12.2. The number of nitrogens with zero attached hydrogens (tertiary/aromatic N) is 1. The van der Waals surface area contributed by atoms with E-state index in [-0.39, 0.29) is 12.6 Å². The third-order valence-corrected chi connectivity index (χ3v) is 4.15. The second-order valence-electron chi connectivity index (χ2n) is 6.86. The summed E-state index contributed by atoms with van der Waals surface area (Å²) in [6, 6.07) is 6.50. The number of carbonyl (C=O) groups excluding carboxylic acids is 4. The lowest BCUT2D eigenvalue weighted by molar-refractivity contribution is -0.130. The van der Waals surface area contributed by atoms with Crippen molar-refractivity contribution in [3.63, 3.8) is 0 Å². The van der Waals surface area contributed by atoms with Crippen LogP contribution < -0.4 is 27.4 Å². The van der Waals surface area contributed by atoms with E-state index in [1.807, 2.05) is 18.2 Å². The Morgan fingerprint density at radius 3 is 2.26 bits per heavy atom. The number of nitrogens with one attached hydrogen (secondary N) is 3. The van der Waals surface area contributed by atoms with E-state index in [1.54, 1.807) is 12.1 Å². The summed E-state index contributed by atoms with van der Waals surface area (Å²) in [6.07, 6.45) is 0.687. The summed E-state index contributed by atoms with van der Waals surface area (Å²) in [5, 5.41) is 7.41. The fraction of sp³-hybridized carbons (Fsp3) is 0.450. The van der Waals surface area contributed by atoms with Crippen molar-refractivity contribution in [2.45, 2.75) is 51.4 Å². The van der Waals surface area contributed by atoms with E-state index >= 15 is 0 Å². The van der Waals surface area contributed by atoms with Gasteiger partial charge in [-0.15, -0.1) is 0 Å². The van der Waals surface area contributed by atoms with Gasteiger partial charge in [0.15, 0.2) is 5.96 Å². The van der Waals surface area contributed by atoms with Gasteiger partial charge < -0.3 is 36.9 Å². The first kappa shape index (κ1) is 25.4. The molecule has 0 radical (unpaired) electrons. The Morgan fingerprint density at radius 2 is 1.65 bits per heavy atom. The average Bonchev–Trinajstić information content (AvgIpc) is 2.74. The van der Waals surface area contributed by atoms with Gasteiger partial charge in [-0.2, -0.15) is 0 Å². The monoisotopic (exact) mass is 434 g/mol. The van der Waals surface area contributed by atoms with Crippen LogP contribution in [-0.2, 0) is 25.7 Å². The molecule has 3 atom stereocenters. The maximum Gasteiger partial charge on any atom is 0.408 e. The first-order chi connectivity index (χ1) is 14.7. The van der Waals surface area contributed by atoms with Crippen LogP contribution in [0.5, 0.6) is 0 Å². The molecule has 7 N–H and O–H groups in total. The Bertz CT molecular complexity index is 767. The number of aldehydes is 1. The molecule has 0 bridgehead atoms. The number of aliphatic imine (C=N–C) groups is 1. The zero-order chi connectivity index (χ0) is 23.2. The van der Waals surface area contributed by atoms with Crippen molar-refractivity contribution >= 4 is 30.2 Å². The van der Waals surface area contributed by atoms with Gasteiger partial charge in [0.2, 0.25) is 11.8 Å². The second kappa shape index (κ2) is 13.6. The number of hydrogen-bond acceptors (Lipinski definition) is 6. The highest BCUT2D eigenvalue weighted by atomic mass is 16.5. The minimum atomic E-state index is -0.931. The molecule has 3 amide bonds. The molecule has 170 valence electrons. The molecule has 0 saturated heterocycles. The number of hydrogen-bond donors (Lipinski definition) is 5. The molecular formula is C20H30N6O5. The molecule has 1 aromatic rings. The van der Waals surface area contributed by atoms with Crippen molar-refractivity contribution in [1.82, 2.24) is 16.0 Å². The molecule has 0 spiro atoms. The summed E-state index contributed by atoms with van der Waals surface area (Å²) in [4.78, 5) is 51.3. The van der Waals surface area contributed by atoms with E-state index in [2.05, 4.69) is 20.9 Å². The summed E-state index contributed by atoms with van der Waals surface area (Å²) in [7, 11) is 0. The number of ether oxygens (including phenoxy) is 1. The molecule has 1 aromatic carbocycles. The number of carbonyl (C=O) groups is 4. The lowest BCUT2D eigenvalue weighted by atomic mass is 10.1. The summed E-state index contributed by atoms with van der Waals surface area (Å²) >= 11 is 0. The molecular weight excluding hydrogens is 404 g/mol. The first-order valence-corrected chi connectivity index (χ1v) is 9.81. The van der Waals surface area contributed by atoms with Crippen LogP contribution in [0.1, 0.15) is 32.3 Å². The average molecular weight is 434 g/mol. The number of amides is 3. The Labute approximate surface area is 181 Å². The second-order valence-corrected chi connectivity index (χ2v) is 6.86. The van der Waals surface area contributed by atoms with Crippen LogP contribution in [0.15, 0.2) is 35.3 Å². The molecule has 11 nitrogen and oxygen atoms in total. The molecule has 0 fully saturated rings. The molecule has 0 aliphatic rings. The normalized spacial score (nSPS) is 13.1. The highest BCUT2D eigenvalue weighted by Gasteiger charge is 2.23. The van der Waals surface area contributed by atoms with Gasteiger partial charge in [0.05, 0.1) is 6.04 Å². The van der Waals surface area contributed by atoms with Gasteiger partial charge in [-0.1, -0.05) is 30.3 Å². The summed E-state index contributed by atoms with van der Waals surface area (Å²) in [5.74, 6) is -1.16. The van der Waals surface area contributed by atoms with E-state index < -0.39 is 36.0 Å². The molecule has 0 aliphatic carbocycles. The van der Waals surface area contributed by atoms with Crippen molar-refractivity contribution in [3.8, 4) is 0 Å². The molecule has 11 heteroatoms. The number of alkyl carbamates (subject to hydrolysis) is 1. The van der Waals surface area contributed by atoms with Gasteiger partial charge in [-0.3, -0.25) is 14.6 Å². The number of nitrogens with two attached hydrogens (primary N) is 2. The van der Waals surface area contributed by atoms with E-state index in [0.717, 1.165) is 5.56 Å². The standard InChI is InChI=1S/C20H30N6O5/c1-13(18(29)26-16(11-27)9-6-10-23-19(21)22)24-17(28)14(2)25-20(30)31-12-15-7-4-3-5-8-15/h3-5,7-8,11,13-14,16H,6,9-10,12H2,1-2H3,(H,24,28)(H,25,30)(H,26,29)(H4,21,22,23)/t13-,14+,16-/m0/s1. The highest BCUT2D eigenvalue weighted by Crippen LogP contribution is 2.01. The molecule has 31 heavy (non-hydrogen) atoms. The number of benzene rings is 1. The van der Waals surface area contributed by atoms with Crippen molar-refractivity contribution in [2.24, 2.45) is 16.5 Å². The van der Waals surface area contributed by atoms with Gasteiger partial charge >= 0.3 is 6.09 Å². The largest absolute Gasteiger partial charge is 0.445 e. The zero-order valence-electron chi connectivity index (χ0n) is 17.7. The molecule has 0 aliphatic heterocycles. The highest BCUT2D eigenvalue weighted by molar-refractivity contribution is 5.91. The van der Waals surface area contributed by atoms with Crippen molar-refractivity contribution in [3.05, 3.63) is 35.9 Å². The third kappa shape index (κ3) is 10.6. The predicted molar refractivity (Wildman–Crippen MR) is 115 cm³/mol. The Balaban J connectivity index is 2.39. The van der Waals surface area contributed by atoms with E-state index in [0.29, 0.717) is 25.7 Å². The maximum atomic E-state index is 12.2. The van der Waals surface area contributed by atoms with Gasteiger partial charge in [0.1, 0.15) is 25.0 Å². The molecule has 1 rings (SSSR count). The van der Waals surface area contributed by atoms with Crippen molar-refractivity contribution < 1.29 is 23.9 Å². The lowest BCUT2D eigenvalue weighted by Gasteiger charge is -2.20. The van der Waals surface area contributed by atoms with Gasteiger partial charge in [0, 0.05) is 6.54 Å². The predicted octanol–water partition coefficient (Wildman–Crippen LogP) is -0.457. The SMILES string of the molecule is C[C@H](NC(=O)[C@@H](C)NC(=O)OCc1ccccc1)C(=O)N[C@H](C=O)CCCN=C(N)N.